The number of aryl methyl sites for hydroxylation is 1. The van der Waals surface area contributed by atoms with Crippen molar-refractivity contribution >= 4 is 35.1 Å². The molecule has 2 heterocycles. The third-order valence-electron chi connectivity index (χ3n) is 4.67. The predicted molar refractivity (Wildman–Crippen MR) is 116 cm³/mol. The highest BCUT2D eigenvalue weighted by Crippen LogP contribution is 2.45. The average molecular weight is 430 g/mol. The van der Waals surface area contributed by atoms with Gasteiger partial charge >= 0.3 is 0 Å². The van der Waals surface area contributed by atoms with Gasteiger partial charge < -0.3 is 15.2 Å². The molecule has 4 rings (SSSR count). The minimum Gasteiger partial charge on any atom is -0.504 e. The van der Waals surface area contributed by atoms with E-state index in [4.69, 9.17) is 16.3 Å². The molecule has 2 aromatic carbocycles. The summed E-state index contributed by atoms with van der Waals surface area (Å²) in [5, 5.41) is 18.2. The van der Waals surface area contributed by atoms with E-state index in [-0.39, 0.29) is 16.9 Å². The number of nitrogens with zero attached hydrogens (tertiary/aromatic N) is 2. The van der Waals surface area contributed by atoms with Crippen LogP contribution in [0.2, 0.25) is 5.02 Å². The van der Waals surface area contributed by atoms with Crippen molar-refractivity contribution in [2.75, 3.05) is 17.7 Å². The van der Waals surface area contributed by atoms with E-state index in [0.717, 1.165) is 22.5 Å². The summed E-state index contributed by atoms with van der Waals surface area (Å²) in [6.45, 7) is 4.25. The molecular formula is C21H20ClN3O3S. The molecule has 2 N–H and O–H groups in total. The summed E-state index contributed by atoms with van der Waals surface area (Å²) < 4.78 is 7.29. The van der Waals surface area contributed by atoms with E-state index in [2.05, 4.69) is 10.4 Å². The number of phenols is 1. The summed E-state index contributed by atoms with van der Waals surface area (Å²) >= 11 is 7.54. The average Bonchev–Trinajstić information content (AvgIpc) is 2.90. The minimum atomic E-state index is -0.134. The van der Waals surface area contributed by atoms with Crippen molar-refractivity contribution in [3.63, 3.8) is 0 Å². The molecule has 0 aliphatic carbocycles. The standard InChI is InChI=1S/C21H20ClN3O3S/c1-3-28-17-10-13(4-9-16(17)26)20-19-12(2)24-25(15-7-5-14(22)6-8-15)21(19)23-18(27)11-29-20/h4-10,20,26H,3,11H2,1-2H3,(H,23,27)/t20-/m1/s1. The Labute approximate surface area is 177 Å². The van der Waals surface area contributed by atoms with Crippen LogP contribution in [0.1, 0.15) is 29.0 Å². The minimum absolute atomic E-state index is 0.0855. The molecule has 1 aromatic heterocycles. The monoisotopic (exact) mass is 429 g/mol. The number of carbonyl (C=O) groups excluding carboxylic acids is 1. The summed E-state index contributed by atoms with van der Waals surface area (Å²) in [7, 11) is 0. The number of aromatic hydroxyl groups is 1. The first-order chi connectivity index (χ1) is 14.0. The summed E-state index contributed by atoms with van der Waals surface area (Å²) in [6.07, 6.45) is 0. The number of hydrogen-bond acceptors (Lipinski definition) is 5. The summed E-state index contributed by atoms with van der Waals surface area (Å²) in [6, 6.07) is 12.6. The van der Waals surface area contributed by atoms with Crippen molar-refractivity contribution in [3.05, 3.63) is 64.3 Å². The number of carbonyl (C=O) groups is 1. The van der Waals surface area contributed by atoms with Crippen LogP contribution in [0.5, 0.6) is 11.5 Å². The number of benzene rings is 2. The lowest BCUT2D eigenvalue weighted by atomic mass is 10.0. The van der Waals surface area contributed by atoms with Gasteiger partial charge in [-0.3, -0.25) is 4.79 Å². The Morgan fingerprint density at radius 3 is 2.79 bits per heavy atom. The number of phenolic OH excluding ortho intramolecular Hbond substituents is 1. The number of ether oxygens (including phenoxy) is 1. The Balaban J connectivity index is 1.85. The maximum absolute atomic E-state index is 12.4. The molecule has 8 heteroatoms. The van der Waals surface area contributed by atoms with Gasteiger partial charge in [-0.05, 0) is 55.8 Å². The highest BCUT2D eigenvalue weighted by atomic mass is 35.5. The number of nitrogens with one attached hydrogen (secondary N) is 1. The number of anilines is 1. The Kier molecular flexibility index (Phi) is 5.43. The van der Waals surface area contributed by atoms with E-state index < -0.39 is 0 Å². The van der Waals surface area contributed by atoms with Gasteiger partial charge in [-0.25, -0.2) is 4.68 Å². The van der Waals surface area contributed by atoms with Crippen molar-refractivity contribution < 1.29 is 14.6 Å². The molecule has 3 aromatic rings. The first-order valence-corrected chi connectivity index (χ1v) is 10.6. The Hall–Kier alpha value is -2.64. The number of hydrogen-bond donors (Lipinski definition) is 2. The summed E-state index contributed by atoms with van der Waals surface area (Å²) in [5.41, 5.74) is 3.50. The van der Waals surface area contributed by atoms with Crippen LogP contribution in [0.25, 0.3) is 5.69 Å². The van der Waals surface area contributed by atoms with Gasteiger partial charge in [0.05, 0.1) is 29.0 Å². The molecule has 0 radical (unpaired) electrons. The van der Waals surface area contributed by atoms with Crippen LogP contribution in [0.4, 0.5) is 5.82 Å². The molecule has 0 bridgehead atoms. The topological polar surface area (TPSA) is 76.4 Å². The maximum Gasteiger partial charge on any atom is 0.235 e. The normalized spacial score (nSPS) is 16.1. The third-order valence-corrected chi connectivity index (χ3v) is 6.19. The quantitative estimate of drug-likeness (QED) is 0.627. The molecule has 0 fully saturated rings. The SMILES string of the molecule is CCOc1cc([C@H]2SCC(=O)Nc3c2c(C)nn3-c2ccc(Cl)cc2)ccc1O. The largest absolute Gasteiger partial charge is 0.504 e. The number of aromatic nitrogens is 2. The highest BCUT2D eigenvalue weighted by molar-refractivity contribution is 8.00. The van der Waals surface area contributed by atoms with Gasteiger partial charge in [0.25, 0.3) is 0 Å². The van der Waals surface area contributed by atoms with Gasteiger partial charge in [-0.15, -0.1) is 11.8 Å². The lowest BCUT2D eigenvalue weighted by Crippen LogP contribution is -2.15. The van der Waals surface area contributed by atoms with Gasteiger partial charge in [-0.2, -0.15) is 5.10 Å². The van der Waals surface area contributed by atoms with Crippen molar-refractivity contribution in [2.24, 2.45) is 0 Å². The molecule has 6 nitrogen and oxygen atoms in total. The molecule has 0 spiro atoms. The van der Waals surface area contributed by atoms with E-state index in [1.807, 2.05) is 38.1 Å². The summed E-state index contributed by atoms with van der Waals surface area (Å²) in [4.78, 5) is 12.4. The molecule has 1 amide bonds. The van der Waals surface area contributed by atoms with E-state index in [1.165, 1.54) is 11.8 Å². The maximum atomic E-state index is 12.4. The van der Waals surface area contributed by atoms with Gasteiger partial charge in [0.2, 0.25) is 5.91 Å². The number of amides is 1. The van der Waals surface area contributed by atoms with Gasteiger partial charge in [-0.1, -0.05) is 17.7 Å². The number of rotatable bonds is 4. The molecule has 1 aliphatic rings. The van der Waals surface area contributed by atoms with Gasteiger partial charge in [0.1, 0.15) is 5.82 Å². The van der Waals surface area contributed by atoms with Crippen molar-refractivity contribution in [1.82, 2.24) is 9.78 Å². The summed E-state index contributed by atoms with van der Waals surface area (Å²) in [5.74, 6) is 1.40. The Morgan fingerprint density at radius 1 is 1.31 bits per heavy atom. The first kappa shape index (κ1) is 19.7. The molecule has 150 valence electrons. The van der Waals surface area contributed by atoms with E-state index in [0.29, 0.717) is 28.9 Å². The first-order valence-electron chi connectivity index (χ1n) is 9.20. The fourth-order valence-corrected chi connectivity index (χ4v) is 4.69. The zero-order valence-corrected chi connectivity index (χ0v) is 17.5. The zero-order chi connectivity index (χ0) is 20.5. The second-order valence-corrected chi connectivity index (χ2v) is 8.17. The van der Waals surface area contributed by atoms with E-state index in [1.54, 1.807) is 22.9 Å². The van der Waals surface area contributed by atoms with Crippen molar-refractivity contribution in [3.8, 4) is 17.2 Å². The lowest BCUT2D eigenvalue weighted by molar-refractivity contribution is -0.113. The zero-order valence-electron chi connectivity index (χ0n) is 16.0. The second-order valence-electron chi connectivity index (χ2n) is 6.64. The van der Waals surface area contributed by atoms with Gasteiger partial charge in [0.15, 0.2) is 11.5 Å². The molecule has 0 unspecified atom stereocenters. The van der Waals surface area contributed by atoms with Crippen LogP contribution in [0.3, 0.4) is 0 Å². The number of fused-ring (bicyclic) bond motifs is 1. The van der Waals surface area contributed by atoms with E-state index >= 15 is 0 Å². The van der Waals surface area contributed by atoms with Crippen LogP contribution in [0.15, 0.2) is 42.5 Å². The van der Waals surface area contributed by atoms with Crippen molar-refractivity contribution in [1.29, 1.82) is 0 Å². The third kappa shape index (κ3) is 3.80. The van der Waals surface area contributed by atoms with Crippen LogP contribution >= 0.6 is 23.4 Å². The predicted octanol–water partition coefficient (Wildman–Crippen LogP) is 4.71. The van der Waals surface area contributed by atoms with Gasteiger partial charge in [0, 0.05) is 10.6 Å². The van der Waals surface area contributed by atoms with Crippen molar-refractivity contribution in [2.45, 2.75) is 19.1 Å². The van der Waals surface area contributed by atoms with Crippen LogP contribution < -0.4 is 10.1 Å². The molecule has 1 atom stereocenters. The Morgan fingerprint density at radius 2 is 2.07 bits per heavy atom. The molecular weight excluding hydrogens is 410 g/mol. The fourth-order valence-electron chi connectivity index (χ4n) is 3.38. The fraction of sp³-hybridized carbons (Fsp3) is 0.238. The molecule has 0 saturated carbocycles. The molecule has 0 saturated heterocycles. The van der Waals surface area contributed by atoms with Crippen LogP contribution in [-0.4, -0.2) is 33.2 Å². The lowest BCUT2D eigenvalue weighted by Gasteiger charge is -2.17. The van der Waals surface area contributed by atoms with E-state index in [9.17, 15) is 9.90 Å². The molecule has 1 aliphatic heterocycles. The molecule has 29 heavy (non-hydrogen) atoms. The van der Waals surface area contributed by atoms with Crippen LogP contribution in [0, 0.1) is 6.92 Å². The van der Waals surface area contributed by atoms with Crippen LogP contribution in [-0.2, 0) is 4.79 Å². The Bertz CT molecular complexity index is 1070. The smallest absolute Gasteiger partial charge is 0.235 e. The number of thioether (sulfide) groups is 1. The highest BCUT2D eigenvalue weighted by Gasteiger charge is 2.31. The number of halogens is 1. The second kappa shape index (κ2) is 8.00.